The van der Waals surface area contributed by atoms with Crippen LogP contribution in [0.15, 0.2) is 5.38 Å². The molecule has 1 heterocycles. The zero-order valence-electron chi connectivity index (χ0n) is 13.5. The molecule has 1 aromatic rings. The van der Waals surface area contributed by atoms with Gasteiger partial charge in [-0.05, 0) is 19.3 Å². The molecule has 0 bridgehead atoms. The van der Waals surface area contributed by atoms with E-state index < -0.39 is 10.0 Å². The van der Waals surface area contributed by atoms with Crippen LogP contribution < -0.4 is 10.0 Å². The highest BCUT2D eigenvalue weighted by atomic mass is 32.2. The number of rotatable bonds is 9. The molecule has 1 aromatic heterocycles. The number of carbonyl (C=O) groups is 1. The second-order valence-electron chi connectivity index (χ2n) is 5.99. The molecular weight excluding hydrogens is 322 g/mol. The quantitative estimate of drug-likeness (QED) is 0.718. The van der Waals surface area contributed by atoms with E-state index in [-0.39, 0.29) is 23.5 Å². The maximum absolute atomic E-state index is 11.9. The average molecular weight is 348 g/mol. The predicted molar refractivity (Wildman–Crippen MR) is 90.6 cm³/mol. The number of thiazole rings is 1. The third kappa shape index (κ3) is 8.33. The summed E-state index contributed by atoms with van der Waals surface area (Å²) in [7, 11) is -3.33. The molecule has 1 unspecified atom stereocenters. The van der Waals surface area contributed by atoms with Gasteiger partial charge in [-0.15, -0.1) is 11.3 Å². The summed E-state index contributed by atoms with van der Waals surface area (Å²) in [5.74, 6) is 0.590. The molecule has 1 amide bonds. The van der Waals surface area contributed by atoms with Crippen LogP contribution >= 0.6 is 11.3 Å². The fraction of sp³-hybridized carbons (Fsp3) is 0.714. The number of hydrogen-bond acceptors (Lipinski definition) is 5. The Morgan fingerprint density at radius 1 is 1.32 bits per heavy atom. The summed E-state index contributed by atoms with van der Waals surface area (Å²) < 4.78 is 24.5. The highest BCUT2D eigenvalue weighted by Gasteiger charge is 2.12. The first-order chi connectivity index (χ1) is 10.2. The van der Waals surface area contributed by atoms with Crippen LogP contribution in [0.4, 0.5) is 5.13 Å². The standard InChI is InChI=1S/C14H25N3O3S2/c1-10(2)6-5-7-11(3)15-13(18)8-12-9-21-14(16-12)17-22(4,19)20/h9-11H,5-8H2,1-4H3,(H,15,18)(H,16,17). The molecule has 2 N–H and O–H groups in total. The lowest BCUT2D eigenvalue weighted by atomic mass is 10.0. The minimum atomic E-state index is -3.33. The number of sulfonamides is 1. The van der Waals surface area contributed by atoms with Gasteiger partial charge in [0.25, 0.3) is 0 Å². The number of nitrogens with zero attached hydrogens (tertiary/aromatic N) is 1. The van der Waals surface area contributed by atoms with Crippen LogP contribution in [0.2, 0.25) is 0 Å². The highest BCUT2D eigenvalue weighted by Crippen LogP contribution is 2.17. The Labute approximate surface area is 136 Å². The second kappa shape index (κ2) is 8.47. The van der Waals surface area contributed by atoms with Crippen molar-refractivity contribution in [2.75, 3.05) is 11.0 Å². The van der Waals surface area contributed by atoms with Crippen molar-refractivity contribution in [3.8, 4) is 0 Å². The largest absolute Gasteiger partial charge is 0.353 e. The zero-order valence-corrected chi connectivity index (χ0v) is 15.2. The van der Waals surface area contributed by atoms with E-state index in [1.165, 1.54) is 11.3 Å². The van der Waals surface area contributed by atoms with Crippen molar-refractivity contribution in [2.45, 2.75) is 52.5 Å². The van der Waals surface area contributed by atoms with Gasteiger partial charge in [-0.1, -0.05) is 26.7 Å². The van der Waals surface area contributed by atoms with Crippen LogP contribution in [-0.4, -0.2) is 31.6 Å². The number of nitrogens with one attached hydrogen (secondary N) is 2. The summed E-state index contributed by atoms with van der Waals surface area (Å²) in [5, 5.41) is 4.92. The molecule has 0 radical (unpaired) electrons. The first kappa shape index (κ1) is 18.9. The summed E-state index contributed by atoms with van der Waals surface area (Å²) in [6, 6.07) is 0.138. The Bertz CT molecular complexity index is 582. The van der Waals surface area contributed by atoms with Gasteiger partial charge in [-0.25, -0.2) is 13.4 Å². The fourth-order valence-corrected chi connectivity index (χ4v) is 3.55. The summed E-state index contributed by atoms with van der Waals surface area (Å²) >= 11 is 1.17. The van der Waals surface area contributed by atoms with Crippen LogP contribution in [0, 0.1) is 5.92 Å². The molecule has 1 atom stereocenters. The van der Waals surface area contributed by atoms with Gasteiger partial charge in [-0.2, -0.15) is 0 Å². The Hall–Kier alpha value is -1.15. The van der Waals surface area contributed by atoms with Crippen molar-refractivity contribution in [3.63, 3.8) is 0 Å². The van der Waals surface area contributed by atoms with Gasteiger partial charge in [0, 0.05) is 11.4 Å². The summed E-state index contributed by atoms with van der Waals surface area (Å²) in [5.41, 5.74) is 0.572. The summed E-state index contributed by atoms with van der Waals surface area (Å²) in [4.78, 5) is 16.0. The summed E-state index contributed by atoms with van der Waals surface area (Å²) in [6.45, 7) is 6.37. The zero-order chi connectivity index (χ0) is 16.8. The Kier molecular flexibility index (Phi) is 7.28. The van der Waals surface area contributed by atoms with E-state index in [0.29, 0.717) is 11.6 Å². The highest BCUT2D eigenvalue weighted by molar-refractivity contribution is 7.92. The Morgan fingerprint density at radius 2 is 2.00 bits per heavy atom. The first-order valence-corrected chi connectivity index (χ1v) is 10.1. The molecule has 22 heavy (non-hydrogen) atoms. The maximum atomic E-state index is 11.9. The number of carbonyl (C=O) groups excluding carboxylic acids is 1. The lowest BCUT2D eigenvalue weighted by Gasteiger charge is -2.14. The van der Waals surface area contributed by atoms with Gasteiger partial charge >= 0.3 is 0 Å². The van der Waals surface area contributed by atoms with Gasteiger partial charge in [0.1, 0.15) is 0 Å². The molecular formula is C14H25N3O3S2. The van der Waals surface area contributed by atoms with Crippen molar-refractivity contribution < 1.29 is 13.2 Å². The number of anilines is 1. The molecule has 6 nitrogen and oxygen atoms in total. The topological polar surface area (TPSA) is 88.2 Å². The smallest absolute Gasteiger partial charge is 0.231 e. The molecule has 0 aromatic carbocycles. The van der Waals surface area contributed by atoms with Crippen LogP contribution in [0.25, 0.3) is 0 Å². The average Bonchev–Trinajstić information content (AvgIpc) is 2.72. The predicted octanol–water partition coefficient (Wildman–Crippen LogP) is 2.39. The van der Waals surface area contributed by atoms with Crippen LogP contribution in [-0.2, 0) is 21.2 Å². The maximum Gasteiger partial charge on any atom is 0.231 e. The molecule has 0 aliphatic heterocycles. The van der Waals surface area contributed by atoms with Crippen molar-refractivity contribution >= 4 is 32.4 Å². The second-order valence-corrected chi connectivity index (χ2v) is 8.59. The Morgan fingerprint density at radius 3 is 2.59 bits per heavy atom. The van der Waals surface area contributed by atoms with Crippen molar-refractivity contribution in [1.29, 1.82) is 0 Å². The van der Waals surface area contributed by atoms with Gasteiger partial charge in [0.15, 0.2) is 5.13 Å². The van der Waals surface area contributed by atoms with Gasteiger partial charge in [0.05, 0.1) is 18.4 Å². The van der Waals surface area contributed by atoms with E-state index in [0.717, 1.165) is 25.5 Å². The number of amides is 1. The normalized spacial score (nSPS) is 13.1. The van der Waals surface area contributed by atoms with Crippen LogP contribution in [0.5, 0.6) is 0 Å². The molecule has 0 aliphatic carbocycles. The minimum absolute atomic E-state index is 0.0896. The molecule has 0 fully saturated rings. The van der Waals surface area contributed by atoms with E-state index in [1.807, 2.05) is 6.92 Å². The molecule has 0 aliphatic rings. The van der Waals surface area contributed by atoms with Gasteiger partial charge in [0.2, 0.25) is 15.9 Å². The molecule has 8 heteroatoms. The van der Waals surface area contributed by atoms with E-state index in [9.17, 15) is 13.2 Å². The molecule has 1 rings (SSSR count). The first-order valence-electron chi connectivity index (χ1n) is 7.37. The third-order valence-electron chi connectivity index (χ3n) is 2.99. The third-order valence-corrected chi connectivity index (χ3v) is 4.49. The minimum Gasteiger partial charge on any atom is -0.353 e. The lowest BCUT2D eigenvalue weighted by Crippen LogP contribution is -2.33. The van der Waals surface area contributed by atoms with Crippen molar-refractivity contribution in [1.82, 2.24) is 10.3 Å². The monoisotopic (exact) mass is 347 g/mol. The summed E-state index contributed by atoms with van der Waals surface area (Å²) in [6.07, 6.45) is 4.45. The van der Waals surface area contributed by atoms with E-state index in [4.69, 9.17) is 0 Å². The lowest BCUT2D eigenvalue weighted by molar-refractivity contribution is -0.121. The van der Waals surface area contributed by atoms with E-state index in [1.54, 1.807) is 5.38 Å². The van der Waals surface area contributed by atoms with Gasteiger partial charge in [-0.3, -0.25) is 9.52 Å². The fourth-order valence-electron chi connectivity index (χ4n) is 1.99. The molecule has 0 saturated heterocycles. The Balaban J connectivity index is 2.38. The SMILES string of the molecule is CC(C)CCCC(C)NC(=O)Cc1csc(NS(C)(=O)=O)n1. The van der Waals surface area contributed by atoms with Crippen LogP contribution in [0.3, 0.4) is 0 Å². The molecule has 126 valence electrons. The van der Waals surface area contributed by atoms with Crippen LogP contribution in [0.1, 0.15) is 45.7 Å². The molecule has 0 spiro atoms. The number of aromatic nitrogens is 1. The van der Waals surface area contributed by atoms with E-state index in [2.05, 4.69) is 28.9 Å². The van der Waals surface area contributed by atoms with Crippen molar-refractivity contribution in [3.05, 3.63) is 11.1 Å². The van der Waals surface area contributed by atoms with Gasteiger partial charge < -0.3 is 5.32 Å². The van der Waals surface area contributed by atoms with Crippen molar-refractivity contribution in [2.24, 2.45) is 5.92 Å². The van der Waals surface area contributed by atoms with E-state index >= 15 is 0 Å². The molecule has 0 saturated carbocycles. The number of hydrogen-bond donors (Lipinski definition) is 2.